The molecule has 404 valence electrons. The molecule has 0 radical (unpaired) electrons. The summed E-state index contributed by atoms with van der Waals surface area (Å²) in [6.45, 7) is 12.3. The number of aliphatic carboxylic acids is 1. The zero-order chi connectivity index (χ0) is 53.5. The van der Waals surface area contributed by atoms with E-state index in [-0.39, 0.29) is 38.0 Å². The van der Waals surface area contributed by atoms with Crippen LogP contribution in [0.2, 0.25) is 0 Å². The fourth-order valence-electron chi connectivity index (χ4n) is 7.77. The van der Waals surface area contributed by atoms with E-state index in [4.69, 9.17) is 28.7 Å². The zero-order valence-electron chi connectivity index (χ0n) is 43.3. The van der Waals surface area contributed by atoms with E-state index < -0.39 is 107 Å². The summed E-state index contributed by atoms with van der Waals surface area (Å²) in [5.41, 5.74) is 29.5. The number of nitrogens with one attached hydrogen (secondary N) is 7. The molecule has 9 atom stereocenters. The van der Waals surface area contributed by atoms with Gasteiger partial charge in [0.2, 0.25) is 41.4 Å². The van der Waals surface area contributed by atoms with E-state index in [0.29, 0.717) is 96.0 Å². The van der Waals surface area contributed by atoms with Crippen molar-refractivity contribution in [3.8, 4) is 0 Å². The van der Waals surface area contributed by atoms with Crippen LogP contribution < -0.4 is 65.9 Å². The van der Waals surface area contributed by atoms with Crippen LogP contribution in [-0.2, 0) is 44.8 Å². The van der Waals surface area contributed by atoms with Gasteiger partial charge in [0, 0.05) is 6.42 Å². The van der Waals surface area contributed by atoms with E-state index in [0.717, 1.165) is 0 Å². The van der Waals surface area contributed by atoms with Gasteiger partial charge in [-0.05, 0) is 127 Å². The van der Waals surface area contributed by atoms with E-state index >= 15 is 0 Å². The molecular formula is C50H90N12O9. The number of carboxylic acid groups (broad SMARTS) is 1. The zero-order valence-corrected chi connectivity index (χ0v) is 43.3. The second-order valence-electron chi connectivity index (χ2n) is 19.3. The lowest BCUT2D eigenvalue weighted by Gasteiger charge is -2.31. The van der Waals surface area contributed by atoms with Crippen LogP contribution in [0.3, 0.4) is 0 Å². The van der Waals surface area contributed by atoms with Gasteiger partial charge >= 0.3 is 5.97 Å². The summed E-state index contributed by atoms with van der Waals surface area (Å²) < 4.78 is 0. The van der Waals surface area contributed by atoms with Crippen LogP contribution in [0, 0.1) is 17.8 Å². The van der Waals surface area contributed by atoms with E-state index in [1.165, 1.54) is 0 Å². The van der Waals surface area contributed by atoms with Crippen molar-refractivity contribution in [1.29, 1.82) is 0 Å². The maximum absolute atomic E-state index is 14.4. The molecular weight excluding hydrogens is 913 g/mol. The summed E-state index contributed by atoms with van der Waals surface area (Å²) in [5, 5.41) is 29.1. The Labute approximate surface area is 421 Å². The van der Waals surface area contributed by atoms with Gasteiger partial charge in [-0.25, -0.2) is 4.79 Å². The minimum absolute atomic E-state index is 0.0392. The molecule has 0 saturated heterocycles. The minimum atomic E-state index is -1.22. The van der Waals surface area contributed by atoms with Crippen LogP contribution in [-0.4, -0.2) is 127 Å². The molecule has 18 N–H and O–H groups in total. The Balaban J connectivity index is 3.46. The number of benzene rings is 1. The Morgan fingerprint density at radius 2 is 0.873 bits per heavy atom. The first kappa shape index (κ1) is 63.8. The molecule has 0 fully saturated rings. The van der Waals surface area contributed by atoms with Crippen molar-refractivity contribution in [2.24, 2.45) is 46.4 Å². The average molecular weight is 1000 g/mol. The number of carboxylic acids is 1. The van der Waals surface area contributed by atoms with Gasteiger partial charge in [0.15, 0.2) is 0 Å². The Bertz CT molecular complexity index is 1770. The maximum atomic E-state index is 14.4. The lowest BCUT2D eigenvalue weighted by Crippen LogP contribution is -2.62. The third kappa shape index (κ3) is 25.1. The fourth-order valence-corrected chi connectivity index (χ4v) is 7.77. The molecule has 1 aromatic carbocycles. The highest BCUT2D eigenvalue weighted by molar-refractivity contribution is 5.97. The van der Waals surface area contributed by atoms with Crippen molar-refractivity contribution in [3.63, 3.8) is 0 Å². The smallest absolute Gasteiger partial charge is 0.326 e. The molecule has 0 saturated carbocycles. The highest BCUT2D eigenvalue weighted by Gasteiger charge is 2.36. The van der Waals surface area contributed by atoms with Crippen LogP contribution in [0.25, 0.3) is 0 Å². The summed E-state index contributed by atoms with van der Waals surface area (Å²) >= 11 is 0. The van der Waals surface area contributed by atoms with Crippen LogP contribution in [0.4, 0.5) is 0 Å². The van der Waals surface area contributed by atoms with Gasteiger partial charge in [-0.15, -0.1) is 0 Å². The molecule has 0 aliphatic rings. The first-order valence-corrected chi connectivity index (χ1v) is 25.7. The van der Waals surface area contributed by atoms with Crippen molar-refractivity contribution in [2.75, 3.05) is 26.2 Å². The SMILES string of the molecule is CC[C@H](C)[C@H](NC(=O)[C@H](CC(C)C)NC(=O)[C@H](Cc1ccccc1)NC(=O)[C@H](CCCCN)NC(=O)[C@@H](N)CCCCN)C(=O)N[C@H](C(=O)N[C@@H](CCCCN)C(=O)N[C@@H](CCCCN)C(=O)O)C(C)C. The van der Waals surface area contributed by atoms with Crippen molar-refractivity contribution < 1.29 is 43.5 Å². The van der Waals surface area contributed by atoms with Crippen LogP contribution in [0.1, 0.15) is 137 Å². The first-order valence-electron chi connectivity index (χ1n) is 25.7. The number of nitrogens with two attached hydrogens (primary N) is 5. The van der Waals surface area contributed by atoms with Crippen LogP contribution in [0.5, 0.6) is 0 Å². The summed E-state index contributed by atoms with van der Waals surface area (Å²) in [4.78, 5) is 110. The molecule has 71 heavy (non-hydrogen) atoms. The van der Waals surface area contributed by atoms with Gasteiger partial charge in [-0.3, -0.25) is 33.6 Å². The maximum Gasteiger partial charge on any atom is 0.326 e. The van der Waals surface area contributed by atoms with Crippen molar-refractivity contribution in [3.05, 3.63) is 35.9 Å². The van der Waals surface area contributed by atoms with Crippen LogP contribution >= 0.6 is 0 Å². The molecule has 21 heteroatoms. The van der Waals surface area contributed by atoms with Crippen molar-refractivity contribution >= 4 is 47.3 Å². The molecule has 0 aromatic heterocycles. The number of hydrogen-bond donors (Lipinski definition) is 13. The number of carbonyl (C=O) groups excluding carboxylic acids is 7. The average Bonchev–Trinajstić information content (AvgIpc) is 3.32. The molecule has 1 rings (SSSR count). The van der Waals surface area contributed by atoms with Crippen LogP contribution in [0.15, 0.2) is 30.3 Å². The molecule has 0 unspecified atom stereocenters. The van der Waals surface area contributed by atoms with E-state index in [1.54, 1.807) is 45.0 Å². The number of unbranched alkanes of at least 4 members (excludes halogenated alkanes) is 4. The lowest BCUT2D eigenvalue weighted by molar-refractivity contribution is -0.142. The van der Waals surface area contributed by atoms with Gasteiger partial charge in [-0.2, -0.15) is 0 Å². The van der Waals surface area contributed by atoms with Gasteiger partial charge < -0.3 is 71.0 Å². The molecule has 0 heterocycles. The van der Waals surface area contributed by atoms with Gasteiger partial charge in [-0.1, -0.05) is 84.7 Å². The molecule has 7 amide bonds. The summed E-state index contributed by atoms with van der Waals surface area (Å²) in [6.07, 6.45) is 5.98. The molecule has 0 bridgehead atoms. The summed E-state index contributed by atoms with van der Waals surface area (Å²) in [7, 11) is 0. The predicted molar refractivity (Wildman–Crippen MR) is 275 cm³/mol. The Kier molecular flexibility index (Phi) is 32.2. The quantitative estimate of drug-likeness (QED) is 0.0397. The lowest BCUT2D eigenvalue weighted by atomic mass is 9.95. The molecule has 0 aliphatic heterocycles. The molecule has 21 nitrogen and oxygen atoms in total. The minimum Gasteiger partial charge on any atom is -0.480 e. The summed E-state index contributed by atoms with van der Waals surface area (Å²) in [6, 6.07) is -0.0136. The second-order valence-corrected chi connectivity index (χ2v) is 19.3. The third-order valence-corrected chi connectivity index (χ3v) is 12.3. The highest BCUT2D eigenvalue weighted by atomic mass is 16.4. The molecule has 0 aliphatic carbocycles. The highest BCUT2D eigenvalue weighted by Crippen LogP contribution is 2.15. The Morgan fingerprint density at radius 1 is 0.479 bits per heavy atom. The number of amides is 7. The molecule has 0 spiro atoms. The van der Waals surface area contributed by atoms with Gasteiger partial charge in [0.25, 0.3) is 0 Å². The molecule has 1 aromatic rings. The second kappa shape index (κ2) is 35.8. The normalized spacial score (nSPS) is 15.2. The van der Waals surface area contributed by atoms with Crippen molar-refractivity contribution in [2.45, 2.75) is 186 Å². The Hall–Kier alpha value is -5.22. The fraction of sp³-hybridized carbons (Fsp3) is 0.720. The first-order chi connectivity index (χ1) is 33.7. The van der Waals surface area contributed by atoms with E-state index in [1.807, 2.05) is 26.8 Å². The topological polar surface area (TPSA) is 371 Å². The summed E-state index contributed by atoms with van der Waals surface area (Å²) in [5.74, 6) is -6.85. The monoisotopic (exact) mass is 1000 g/mol. The van der Waals surface area contributed by atoms with Crippen molar-refractivity contribution in [1.82, 2.24) is 37.2 Å². The number of carbonyl (C=O) groups is 8. The number of rotatable bonds is 38. The third-order valence-electron chi connectivity index (χ3n) is 12.3. The van der Waals surface area contributed by atoms with E-state index in [9.17, 15) is 43.5 Å². The standard InChI is InChI=1S/C50H90N12O9/c1-7-33(6)42(49(69)61-41(32(4)5)48(68)57-37(23-13-17-27-53)44(64)58-38(50(70)71)24-14-18-28-54)62-47(67)39(29-31(2)3)59-46(66)40(30-34-19-9-8-10-20-34)60-45(65)36(22-12-16-26-52)56-43(63)35(55)21-11-15-25-51/h8-10,19-20,31-33,35-42H,7,11-18,21-30,51-55H2,1-6H3,(H,56,63)(H,57,68)(H,58,64)(H,59,66)(H,60,65)(H,61,69)(H,62,67)(H,70,71)/t33-,35-,36-,37-,38-,39-,40-,41-,42-/m0/s1. The van der Waals surface area contributed by atoms with E-state index in [2.05, 4.69) is 37.2 Å². The Morgan fingerprint density at radius 3 is 1.34 bits per heavy atom. The predicted octanol–water partition coefficient (Wildman–Crippen LogP) is 0.299. The van der Waals surface area contributed by atoms with Gasteiger partial charge in [0.1, 0.15) is 42.3 Å². The number of hydrogen-bond acceptors (Lipinski definition) is 13. The largest absolute Gasteiger partial charge is 0.480 e. The van der Waals surface area contributed by atoms with Gasteiger partial charge in [0.05, 0.1) is 6.04 Å².